The Hall–Kier alpha value is -3.37. The summed E-state index contributed by atoms with van der Waals surface area (Å²) < 4.78 is 78.9. The summed E-state index contributed by atoms with van der Waals surface area (Å²) in [5, 5.41) is 27.8. The van der Waals surface area contributed by atoms with Gasteiger partial charge in [0, 0.05) is 18.7 Å². The van der Waals surface area contributed by atoms with Gasteiger partial charge in [0.15, 0.2) is 0 Å². The van der Waals surface area contributed by atoms with Gasteiger partial charge in [0.05, 0.1) is 28.2 Å². The van der Waals surface area contributed by atoms with E-state index in [0.29, 0.717) is 54.9 Å². The van der Waals surface area contributed by atoms with Crippen molar-refractivity contribution in [3.05, 3.63) is 58.0 Å². The average molecular weight is 626 g/mol. The molecule has 0 bridgehead atoms. The van der Waals surface area contributed by atoms with Crippen LogP contribution in [0.2, 0.25) is 0 Å². The van der Waals surface area contributed by atoms with Crippen LogP contribution in [0.4, 0.5) is 31.1 Å². The number of halogens is 6. The number of carbonyl (C=O) groups is 3. The van der Waals surface area contributed by atoms with E-state index in [1.165, 1.54) is 0 Å². The van der Waals surface area contributed by atoms with E-state index in [2.05, 4.69) is 10.3 Å². The highest BCUT2D eigenvalue weighted by Crippen LogP contribution is 2.38. The Morgan fingerprint density at radius 3 is 2.10 bits per heavy atom. The van der Waals surface area contributed by atoms with Gasteiger partial charge >= 0.3 is 24.3 Å². The standard InChI is InChI=1S/C22H25F6N3O2S.C4H4O4/c1-20(2,33)12-29-18-17(34-19(32)30-18)9-13-5-7-31(8-6-13)11-14-3-4-15(21(23,24)25)10-16(14)22(26,27)28;5-3(6)1-2-4(7)8/h3-4,9-10,13,33H,5-8,11-12H2,1-2H3,(H,29,30,32);1-2H,(H,5,6)(H,7,8)/b17-9-;2-1+. The summed E-state index contributed by atoms with van der Waals surface area (Å²) in [4.78, 5) is 37.6. The summed E-state index contributed by atoms with van der Waals surface area (Å²) in [6.45, 7) is 4.10. The largest absolute Gasteiger partial charge is 0.478 e. The number of carboxylic acids is 2. The SMILES string of the molecule is CC(C)(O)CN=C1NC(=O)S/C1=C\C1CCN(Cc2ccc(C(F)(F)F)cc2C(F)(F)F)CC1.O=C(O)/C=C/C(=O)O. The average Bonchev–Trinajstić information content (AvgIpc) is 3.20. The number of alkyl halides is 6. The Morgan fingerprint density at radius 2 is 1.62 bits per heavy atom. The first-order chi connectivity index (χ1) is 19.2. The second-order valence-corrected chi connectivity index (χ2v) is 11.0. The second-order valence-electron chi connectivity index (χ2n) is 10.0. The molecule has 0 aliphatic carbocycles. The highest BCUT2D eigenvalue weighted by molar-refractivity contribution is 8.18. The van der Waals surface area contributed by atoms with Crippen LogP contribution in [0.5, 0.6) is 0 Å². The van der Waals surface area contributed by atoms with E-state index >= 15 is 0 Å². The van der Waals surface area contributed by atoms with Gasteiger partial charge in [-0.2, -0.15) is 26.3 Å². The lowest BCUT2D eigenvalue weighted by molar-refractivity contribution is -0.143. The molecule has 9 nitrogen and oxygen atoms in total. The molecule has 2 saturated heterocycles. The van der Waals surface area contributed by atoms with Crippen LogP contribution in [-0.2, 0) is 28.5 Å². The van der Waals surface area contributed by atoms with Gasteiger partial charge in [-0.15, -0.1) is 0 Å². The number of likely N-dealkylation sites (tertiary alicyclic amines) is 1. The van der Waals surface area contributed by atoms with Crippen LogP contribution in [0, 0.1) is 5.92 Å². The van der Waals surface area contributed by atoms with Gasteiger partial charge < -0.3 is 20.6 Å². The zero-order valence-electron chi connectivity index (χ0n) is 22.4. The van der Waals surface area contributed by atoms with Gasteiger partial charge in [-0.05, 0) is 75.2 Å². The number of piperidine rings is 1. The topological polar surface area (TPSA) is 140 Å². The molecule has 232 valence electrons. The van der Waals surface area contributed by atoms with Crippen molar-refractivity contribution in [3.63, 3.8) is 0 Å². The van der Waals surface area contributed by atoms with Gasteiger partial charge in [0.2, 0.25) is 0 Å². The van der Waals surface area contributed by atoms with Crippen molar-refractivity contribution in [2.24, 2.45) is 10.9 Å². The Kier molecular flexibility index (Phi) is 11.8. The maximum atomic E-state index is 13.4. The number of carbonyl (C=O) groups excluding carboxylic acids is 1. The highest BCUT2D eigenvalue weighted by Gasteiger charge is 2.38. The molecule has 0 aromatic heterocycles. The lowest BCUT2D eigenvalue weighted by atomic mass is 9.95. The Morgan fingerprint density at radius 1 is 1.05 bits per heavy atom. The van der Waals surface area contributed by atoms with E-state index in [4.69, 9.17) is 10.2 Å². The van der Waals surface area contributed by atoms with Crippen LogP contribution in [-0.4, -0.2) is 68.5 Å². The fraction of sp³-hybridized carbons (Fsp3) is 0.462. The predicted octanol–water partition coefficient (Wildman–Crippen LogP) is 5.16. The molecule has 1 aromatic rings. The lowest BCUT2D eigenvalue weighted by Gasteiger charge is -2.31. The van der Waals surface area contributed by atoms with E-state index in [-0.39, 0.29) is 35.9 Å². The zero-order chi connectivity index (χ0) is 31.9. The van der Waals surface area contributed by atoms with Gasteiger partial charge in [0.1, 0.15) is 5.84 Å². The highest BCUT2D eigenvalue weighted by atomic mass is 32.2. The third-order valence-corrected chi connectivity index (χ3v) is 6.64. The molecule has 2 aliphatic rings. The van der Waals surface area contributed by atoms with Crippen molar-refractivity contribution in [2.45, 2.75) is 51.2 Å². The van der Waals surface area contributed by atoms with Crippen molar-refractivity contribution in [1.82, 2.24) is 10.2 Å². The number of nitrogens with zero attached hydrogens (tertiary/aromatic N) is 2. The number of amidine groups is 1. The molecule has 2 aliphatic heterocycles. The van der Waals surface area contributed by atoms with Gasteiger partial charge in [0.25, 0.3) is 5.24 Å². The molecule has 4 N–H and O–H groups in total. The number of aliphatic imine (C=N–C) groups is 1. The molecule has 0 unspecified atom stereocenters. The summed E-state index contributed by atoms with van der Waals surface area (Å²) in [5.41, 5.74) is -3.83. The van der Waals surface area contributed by atoms with Gasteiger partial charge in [-0.1, -0.05) is 12.1 Å². The number of benzene rings is 1. The number of aliphatic carboxylic acids is 2. The molecule has 2 heterocycles. The summed E-state index contributed by atoms with van der Waals surface area (Å²) in [6.07, 6.45) is -5.50. The minimum atomic E-state index is -4.89. The number of nitrogens with one attached hydrogen (secondary N) is 1. The smallest absolute Gasteiger partial charge is 0.416 e. The Bertz CT molecular complexity index is 1230. The summed E-state index contributed by atoms with van der Waals surface area (Å²) >= 11 is 0.997. The molecular weight excluding hydrogens is 596 g/mol. The number of amides is 1. The molecule has 0 spiro atoms. The number of rotatable bonds is 7. The Labute approximate surface area is 241 Å². The third-order valence-electron chi connectivity index (χ3n) is 5.80. The number of hydrogen-bond acceptors (Lipinski definition) is 7. The van der Waals surface area contributed by atoms with Gasteiger partial charge in [-0.25, -0.2) is 9.59 Å². The van der Waals surface area contributed by atoms with Crippen molar-refractivity contribution >= 4 is 34.8 Å². The quantitative estimate of drug-likeness (QED) is 0.241. The van der Waals surface area contributed by atoms with Crippen LogP contribution in [0.15, 0.2) is 46.3 Å². The van der Waals surface area contributed by atoms with Gasteiger partial charge in [-0.3, -0.25) is 14.7 Å². The van der Waals surface area contributed by atoms with Crippen LogP contribution < -0.4 is 5.32 Å². The summed E-state index contributed by atoms with van der Waals surface area (Å²) in [7, 11) is 0. The number of allylic oxidation sites excluding steroid dienone is 1. The predicted molar refractivity (Wildman–Crippen MR) is 142 cm³/mol. The van der Waals surface area contributed by atoms with Crippen LogP contribution in [0.1, 0.15) is 43.4 Å². The molecule has 1 amide bonds. The van der Waals surface area contributed by atoms with E-state index in [9.17, 15) is 45.8 Å². The minimum Gasteiger partial charge on any atom is -0.478 e. The molecule has 16 heteroatoms. The van der Waals surface area contributed by atoms with E-state index in [0.717, 1.165) is 17.8 Å². The molecule has 1 aromatic carbocycles. The molecule has 42 heavy (non-hydrogen) atoms. The van der Waals surface area contributed by atoms with E-state index in [1.54, 1.807) is 18.7 Å². The monoisotopic (exact) mass is 625 g/mol. The van der Waals surface area contributed by atoms with E-state index in [1.807, 2.05) is 6.08 Å². The molecule has 0 radical (unpaired) electrons. The van der Waals surface area contributed by atoms with Crippen LogP contribution >= 0.6 is 11.8 Å². The summed E-state index contributed by atoms with van der Waals surface area (Å²) in [6, 6.07) is 1.75. The third kappa shape index (κ3) is 11.9. The lowest BCUT2D eigenvalue weighted by Crippen LogP contribution is -2.33. The molecule has 0 atom stereocenters. The van der Waals surface area contributed by atoms with Crippen molar-refractivity contribution in [3.8, 4) is 0 Å². The fourth-order valence-corrected chi connectivity index (χ4v) is 4.68. The number of hydrogen-bond donors (Lipinski definition) is 4. The second kappa shape index (κ2) is 14.2. The maximum Gasteiger partial charge on any atom is 0.416 e. The Balaban J connectivity index is 0.000000675. The first-order valence-electron chi connectivity index (χ1n) is 12.4. The number of carboxylic acid groups (broad SMARTS) is 2. The van der Waals surface area contributed by atoms with Crippen LogP contribution in [0.25, 0.3) is 0 Å². The number of thioether (sulfide) groups is 1. The number of aliphatic hydroxyl groups is 1. The maximum absolute atomic E-state index is 13.4. The molecular formula is C26H29F6N3O6S. The molecule has 3 rings (SSSR count). The minimum absolute atomic E-state index is 0.0634. The van der Waals surface area contributed by atoms with E-state index < -0.39 is 41.0 Å². The normalized spacial score (nSPS) is 19.2. The molecule has 2 fully saturated rings. The molecule has 0 saturated carbocycles. The first-order valence-corrected chi connectivity index (χ1v) is 13.2. The summed E-state index contributed by atoms with van der Waals surface area (Å²) in [5.74, 6) is -2.06. The fourth-order valence-electron chi connectivity index (χ4n) is 3.86. The van der Waals surface area contributed by atoms with Crippen LogP contribution in [0.3, 0.4) is 0 Å². The first kappa shape index (κ1) is 34.8. The zero-order valence-corrected chi connectivity index (χ0v) is 23.2. The van der Waals surface area contributed by atoms with Crippen molar-refractivity contribution in [1.29, 1.82) is 0 Å². The van der Waals surface area contributed by atoms with Crippen molar-refractivity contribution < 1.29 is 56.0 Å². The van der Waals surface area contributed by atoms with Crippen molar-refractivity contribution in [2.75, 3.05) is 19.6 Å².